The van der Waals surface area contributed by atoms with Gasteiger partial charge in [0.1, 0.15) is 29.3 Å². The summed E-state index contributed by atoms with van der Waals surface area (Å²) in [6.07, 6.45) is 8.14. The molecule has 4 aromatic heterocycles. The Morgan fingerprint density at radius 1 is 0.672 bits per heavy atom. The number of likely N-dealkylation sites (tertiary alicyclic amines) is 3. The van der Waals surface area contributed by atoms with Crippen molar-refractivity contribution in [3.8, 4) is 11.9 Å². The van der Waals surface area contributed by atoms with Gasteiger partial charge in [0.15, 0.2) is 0 Å². The topological polar surface area (TPSA) is 173 Å². The summed E-state index contributed by atoms with van der Waals surface area (Å²) in [5.74, 6) is 1.63. The Hall–Kier alpha value is -5.17. The van der Waals surface area contributed by atoms with E-state index in [-0.39, 0.29) is 47.2 Å². The maximum atomic E-state index is 14.7. The second-order valence-corrected chi connectivity index (χ2v) is 18.4. The molecule has 4 saturated heterocycles. The van der Waals surface area contributed by atoms with Crippen molar-refractivity contribution < 1.29 is 27.7 Å². The van der Waals surface area contributed by atoms with Crippen LogP contribution in [-0.4, -0.2) is 137 Å². The van der Waals surface area contributed by atoms with Crippen LogP contribution in [0.25, 0.3) is 33.7 Å². The highest BCUT2D eigenvalue weighted by atomic mass is 19.1. The molecule has 2 aromatic carbocycles. The van der Waals surface area contributed by atoms with Crippen LogP contribution in [0.2, 0.25) is 0 Å². The van der Waals surface area contributed by atoms with Crippen molar-refractivity contribution in [2.75, 3.05) is 59.0 Å². The number of aliphatic hydroxyl groups is 1. The van der Waals surface area contributed by atoms with Crippen molar-refractivity contribution in [3.63, 3.8) is 0 Å². The lowest BCUT2D eigenvalue weighted by molar-refractivity contribution is -0.135. The Kier molecular flexibility index (Phi) is 13.2. The first-order chi connectivity index (χ1) is 31.1. The lowest BCUT2D eigenvalue weighted by Crippen LogP contribution is -2.49. The van der Waals surface area contributed by atoms with E-state index in [4.69, 9.17) is 14.2 Å². The molecule has 0 spiro atoms. The van der Waals surface area contributed by atoms with Crippen molar-refractivity contribution in [2.45, 2.75) is 115 Å². The summed E-state index contributed by atoms with van der Waals surface area (Å²) in [6, 6.07) is 11.2. The summed E-state index contributed by atoms with van der Waals surface area (Å²) < 4.78 is 43.5. The number of carbonyl (C=O) groups is 1. The van der Waals surface area contributed by atoms with Crippen LogP contribution in [-0.2, 0) is 4.79 Å². The number of aliphatic hydroxyl groups excluding tert-OH is 1. The zero-order valence-electron chi connectivity index (χ0n) is 37.3. The smallest absolute Gasteiger partial charge is 0.291 e. The fourth-order valence-electron chi connectivity index (χ4n) is 10.2. The molecule has 1 amide bonds. The van der Waals surface area contributed by atoms with Gasteiger partial charge >= 0.3 is 0 Å². The molecule has 8 heterocycles. The van der Waals surface area contributed by atoms with Crippen molar-refractivity contribution in [1.82, 2.24) is 59.9 Å². The van der Waals surface area contributed by atoms with Gasteiger partial charge in [0, 0.05) is 47.8 Å². The van der Waals surface area contributed by atoms with E-state index < -0.39 is 6.61 Å². The largest absolute Gasteiger partial charge is 0.387 e. The van der Waals surface area contributed by atoms with Crippen molar-refractivity contribution >= 4 is 27.7 Å². The highest BCUT2D eigenvalue weighted by Crippen LogP contribution is 2.34. The van der Waals surface area contributed by atoms with Gasteiger partial charge in [-0.1, -0.05) is 52.0 Å². The maximum Gasteiger partial charge on any atom is 0.291 e. The maximum absolute atomic E-state index is 14.7. The van der Waals surface area contributed by atoms with Crippen LogP contribution < -0.4 is 5.32 Å². The summed E-state index contributed by atoms with van der Waals surface area (Å²) in [5.41, 5.74) is 2.43. The molecular weight excluding hydrogens is 823 g/mol. The molecular formula is C46H60F2N12O4. The summed E-state index contributed by atoms with van der Waals surface area (Å²) in [6.45, 7) is 15.3. The van der Waals surface area contributed by atoms with Crippen LogP contribution >= 0.6 is 0 Å². The minimum atomic E-state index is -0.415. The molecule has 0 saturated carbocycles. The van der Waals surface area contributed by atoms with E-state index in [1.165, 1.54) is 34.3 Å². The van der Waals surface area contributed by atoms with E-state index >= 15 is 0 Å². The van der Waals surface area contributed by atoms with Gasteiger partial charge in [0.2, 0.25) is 17.7 Å². The van der Waals surface area contributed by atoms with Gasteiger partial charge in [-0.05, 0) is 125 Å². The number of para-hydroxylation sites is 2. The number of fused-ring (bicyclic) bond motifs is 2. The molecule has 64 heavy (non-hydrogen) atoms. The first-order valence-corrected chi connectivity index (χ1v) is 23.2. The van der Waals surface area contributed by atoms with Gasteiger partial charge in [-0.15, -0.1) is 0 Å². The third-order valence-corrected chi connectivity index (χ3v) is 13.8. The van der Waals surface area contributed by atoms with Gasteiger partial charge in [0.25, 0.3) is 11.9 Å². The molecule has 0 radical (unpaired) electrons. The van der Waals surface area contributed by atoms with Crippen LogP contribution in [0.3, 0.4) is 0 Å². The van der Waals surface area contributed by atoms with E-state index in [1.54, 1.807) is 17.0 Å². The van der Waals surface area contributed by atoms with Gasteiger partial charge in [-0.2, -0.15) is 29.5 Å². The van der Waals surface area contributed by atoms with E-state index in [0.29, 0.717) is 53.9 Å². The molecule has 10 rings (SSSR count). The number of hydrogen-bond donors (Lipinski definition) is 2. The first-order valence-electron chi connectivity index (χ1n) is 23.2. The molecule has 16 nitrogen and oxygen atoms in total. The third kappa shape index (κ3) is 8.93. The zero-order chi connectivity index (χ0) is 44.5. The quantitative estimate of drug-likeness (QED) is 0.163. The molecule has 6 aromatic rings. The van der Waals surface area contributed by atoms with E-state index in [9.17, 15) is 13.6 Å². The lowest BCUT2D eigenvalue weighted by atomic mass is 9.93. The van der Waals surface area contributed by atoms with Crippen LogP contribution in [0.15, 0.2) is 45.4 Å². The number of amides is 1. The molecule has 0 atom stereocenters. The number of aromatic nitrogens is 8. The Labute approximate surface area is 371 Å². The van der Waals surface area contributed by atoms with Gasteiger partial charge in [-0.25, -0.2) is 8.78 Å². The van der Waals surface area contributed by atoms with Crippen molar-refractivity contribution in [3.05, 3.63) is 71.2 Å². The predicted molar refractivity (Wildman–Crippen MR) is 236 cm³/mol. The molecule has 0 aliphatic carbocycles. The van der Waals surface area contributed by atoms with Crippen LogP contribution in [0.4, 0.5) is 8.78 Å². The second kappa shape index (κ2) is 19.1. The highest BCUT2D eigenvalue weighted by molar-refractivity contribution is 5.85. The van der Waals surface area contributed by atoms with Gasteiger partial charge in [-0.3, -0.25) is 4.79 Å². The molecule has 342 valence electrons. The molecule has 4 fully saturated rings. The monoisotopic (exact) mass is 882 g/mol. The minimum Gasteiger partial charge on any atom is -0.387 e. The molecule has 0 bridgehead atoms. The molecule has 4 aliphatic rings. The number of benzene rings is 2. The number of piperidine rings is 4. The van der Waals surface area contributed by atoms with E-state index in [1.807, 2.05) is 26.0 Å². The van der Waals surface area contributed by atoms with Crippen LogP contribution in [0, 0.1) is 11.6 Å². The molecule has 0 unspecified atom stereocenters. The van der Waals surface area contributed by atoms with Gasteiger partial charge in [0.05, 0.1) is 11.4 Å². The normalized spacial score (nSPS) is 19.4. The first kappa shape index (κ1) is 44.1. The Bertz CT molecular complexity index is 2520. The van der Waals surface area contributed by atoms with Crippen molar-refractivity contribution in [1.29, 1.82) is 0 Å². The molecule has 2 N–H and O–H groups in total. The number of rotatable bonds is 9. The fraction of sp³-hybridized carbons (Fsp3) is 0.587. The zero-order valence-corrected chi connectivity index (χ0v) is 37.3. The summed E-state index contributed by atoms with van der Waals surface area (Å²) >= 11 is 0. The third-order valence-electron chi connectivity index (χ3n) is 13.8. The average Bonchev–Trinajstić information content (AvgIpc) is 4.15. The standard InChI is InChI=1S/C24H31FN6O3.C22H29FN6O/c1-15(2)21-18-4-3-5-19(25)22(18)31(27-21)24-26-23(34-28-24)16-6-10-29(11-7-16)17-8-12-30(13-9-17)20(33)14-32;1-14(2)19-17-4-3-5-18(23)20(17)29(26-19)22-25-21(30-27-22)15-8-12-28(13-9-15)16-6-10-24-11-7-16/h3-5,15-17,32H,6-14H2,1-2H3;3-5,14-16,24H,6-13H2,1-2H3. The Balaban J connectivity index is 0.000000163. The average molecular weight is 883 g/mol. The summed E-state index contributed by atoms with van der Waals surface area (Å²) in [5, 5.41) is 31.6. The number of nitrogens with one attached hydrogen (secondary N) is 1. The summed E-state index contributed by atoms with van der Waals surface area (Å²) in [7, 11) is 0. The van der Waals surface area contributed by atoms with Crippen molar-refractivity contribution in [2.24, 2.45) is 0 Å². The molecule has 4 aliphatic heterocycles. The SMILES string of the molecule is CC(C)c1nn(-c2noc(C3CCN(C4CCN(C(=O)CO)CC4)CC3)n2)c2c(F)cccc12.CC(C)c1nn(-c2noc(C3CCN(C4CCNCC4)CC3)n2)c2c(F)cccc12. The number of carbonyl (C=O) groups excluding carboxylic acids is 1. The highest BCUT2D eigenvalue weighted by Gasteiger charge is 2.33. The molecule has 18 heteroatoms. The lowest BCUT2D eigenvalue weighted by Gasteiger charge is -2.41. The second-order valence-electron chi connectivity index (χ2n) is 18.4. The van der Waals surface area contributed by atoms with E-state index in [2.05, 4.69) is 59.4 Å². The predicted octanol–water partition coefficient (Wildman–Crippen LogP) is 6.44. The number of hydrogen-bond acceptors (Lipinski definition) is 13. The van der Waals surface area contributed by atoms with E-state index in [0.717, 1.165) is 100.0 Å². The fourth-order valence-corrected chi connectivity index (χ4v) is 10.2. The Morgan fingerprint density at radius 2 is 1.11 bits per heavy atom. The Morgan fingerprint density at radius 3 is 1.53 bits per heavy atom. The minimum absolute atomic E-state index is 0.134. The van der Waals surface area contributed by atoms with Crippen LogP contribution in [0.1, 0.15) is 126 Å². The summed E-state index contributed by atoms with van der Waals surface area (Å²) in [4.78, 5) is 27.8. The van der Waals surface area contributed by atoms with Gasteiger partial charge < -0.3 is 34.2 Å². The van der Waals surface area contributed by atoms with Crippen LogP contribution in [0.5, 0.6) is 0 Å². The number of halogens is 2. The number of nitrogens with zero attached hydrogens (tertiary/aromatic N) is 11.